The third-order valence-corrected chi connectivity index (χ3v) is 4.32. The van der Waals surface area contributed by atoms with E-state index < -0.39 is 0 Å². The highest BCUT2D eigenvalue weighted by atomic mass is 16.3. The lowest BCUT2D eigenvalue weighted by molar-refractivity contribution is 0.161. The second-order valence-electron chi connectivity index (χ2n) is 6.13. The fourth-order valence-corrected chi connectivity index (χ4v) is 3.19. The number of piperidine rings is 1. The Morgan fingerprint density at radius 2 is 2.22 bits per heavy atom. The zero-order valence-electron chi connectivity index (χ0n) is 13.6. The fourth-order valence-electron chi connectivity index (χ4n) is 3.19. The predicted octanol–water partition coefficient (Wildman–Crippen LogP) is 2.70. The molecule has 1 fully saturated rings. The van der Waals surface area contributed by atoms with Crippen molar-refractivity contribution in [1.29, 1.82) is 0 Å². The number of anilines is 2. The normalized spacial score (nSPS) is 18.8. The molecule has 0 spiro atoms. The number of β-amino-alcohol motifs (C(OH)–C–C–N with tert-alkyl or cyclic N) is 1. The van der Waals surface area contributed by atoms with Crippen molar-refractivity contribution in [1.82, 2.24) is 14.9 Å². The van der Waals surface area contributed by atoms with Gasteiger partial charge in [0.25, 0.3) is 0 Å². The average molecular weight is 312 g/mol. The molecular formula is C18H24N4O. The first-order chi connectivity index (χ1) is 11.2. The molecule has 1 saturated heterocycles. The Hall–Kier alpha value is -1.98. The number of pyridine rings is 2. The second kappa shape index (κ2) is 7.53. The maximum atomic E-state index is 9.14. The summed E-state index contributed by atoms with van der Waals surface area (Å²) in [7, 11) is 0. The predicted molar refractivity (Wildman–Crippen MR) is 92.0 cm³/mol. The van der Waals surface area contributed by atoms with Crippen LogP contribution in [0.5, 0.6) is 0 Å². The highest BCUT2D eigenvalue weighted by Crippen LogP contribution is 2.28. The molecule has 3 heterocycles. The van der Waals surface area contributed by atoms with Gasteiger partial charge in [-0.2, -0.15) is 0 Å². The highest BCUT2D eigenvalue weighted by molar-refractivity contribution is 5.52. The van der Waals surface area contributed by atoms with Crippen LogP contribution in [0.3, 0.4) is 0 Å². The number of likely N-dealkylation sites (tertiary alicyclic amines) is 1. The highest BCUT2D eigenvalue weighted by Gasteiger charge is 2.21. The van der Waals surface area contributed by atoms with E-state index in [1.807, 2.05) is 31.3 Å². The first-order valence-electron chi connectivity index (χ1n) is 8.24. The molecule has 122 valence electrons. The first kappa shape index (κ1) is 15.9. The summed E-state index contributed by atoms with van der Waals surface area (Å²) >= 11 is 0. The number of aliphatic hydroxyl groups excluding tert-OH is 1. The van der Waals surface area contributed by atoms with Gasteiger partial charge in [0, 0.05) is 25.0 Å². The number of rotatable bonds is 5. The van der Waals surface area contributed by atoms with Gasteiger partial charge in [0.1, 0.15) is 11.6 Å². The maximum Gasteiger partial charge on any atom is 0.131 e. The van der Waals surface area contributed by atoms with E-state index in [0.717, 1.165) is 37.0 Å². The van der Waals surface area contributed by atoms with Gasteiger partial charge in [-0.3, -0.25) is 0 Å². The number of nitrogens with zero attached hydrogens (tertiary/aromatic N) is 3. The quantitative estimate of drug-likeness (QED) is 0.889. The van der Waals surface area contributed by atoms with Crippen molar-refractivity contribution in [3.8, 4) is 0 Å². The molecule has 1 unspecified atom stereocenters. The minimum Gasteiger partial charge on any atom is -0.395 e. The van der Waals surface area contributed by atoms with Gasteiger partial charge in [-0.05, 0) is 62.1 Å². The molecule has 1 aliphatic rings. The summed E-state index contributed by atoms with van der Waals surface area (Å²) in [5, 5.41) is 12.4. The van der Waals surface area contributed by atoms with E-state index in [9.17, 15) is 0 Å². The molecule has 3 rings (SSSR count). The van der Waals surface area contributed by atoms with Crippen molar-refractivity contribution in [3.05, 3.63) is 47.8 Å². The second-order valence-corrected chi connectivity index (χ2v) is 6.13. The largest absolute Gasteiger partial charge is 0.395 e. The first-order valence-corrected chi connectivity index (χ1v) is 8.24. The van der Waals surface area contributed by atoms with E-state index in [1.165, 1.54) is 18.4 Å². The Kier molecular flexibility index (Phi) is 5.20. The molecule has 0 radical (unpaired) electrons. The molecule has 1 atom stereocenters. The molecule has 0 bridgehead atoms. The van der Waals surface area contributed by atoms with Crippen LogP contribution in [0.4, 0.5) is 11.6 Å². The van der Waals surface area contributed by atoms with Gasteiger partial charge in [0.2, 0.25) is 0 Å². The Balaban J connectivity index is 1.72. The summed E-state index contributed by atoms with van der Waals surface area (Å²) in [4.78, 5) is 11.2. The van der Waals surface area contributed by atoms with Crippen molar-refractivity contribution >= 4 is 11.6 Å². The van der Waals surface area contributed by atoms with E-state index >= 15 is 0 Å². The molecule has 0 aliphatic carbocycles. The molecule has 2 aromatic heterocycles. The lowest BCUT2D eigenvalue weighted by atomic mass is 9.91. The van der Waals surface area contributed by atoms with Gasteiger partial charge < -0.3 is 15.3 Å². The van der Waals surface area contributed by atoms with Crippen LogP contribution in [-0.4, -0.2) is 46.2 Å². The van der Waals surface area contributed by atoms with Gasteiger partial charge in [-0.1, -0.05) is 6.07 Å². The lowest BCUT2D eigenvalue weighted by Gasteiger charge is -2.32. The topological polar surface area (TPSA) is 61.3 Å². The van der Waals surface area contributed by atoms with Crippen LogP contribution in [0, 0.1) is 6.92 Å². The summed E-state index contributed by atoms with van der Waals surface area (Å²) in [5.41, 5.74) is 2.29. The third kappa shape index (κ3) is 4.27. The number of aliphatic hydroxyl groups is 1. The molecular weight excluding hydrogens is 288 g/mol. The third-order valence-electron chi connectivity index (χ3n) is 4.32. The Morgan fingerprint density at radius 3 is 3.04 bits per heavy atom. The maximum absolute atomic E-state index is 9.14. The minimum absolute atomic E-state index is 0.231. The molecule has 0 amide bonds. The summed E-state index contributed by atoms with van der Waals surface area (Å²) in [6, 6.07) is 10.1. The van der Waals surface area contributed by atoms with E-state index in [1.54, 1.807) is 0 Å². The molecule has 0 saturated carbocycles. The van der Waals surface area contributed by atoms with Crippen molar-refractivity contribution < 1.29 is 5.11 Å². The van der Waals surface area contributed by atoms with E-state index in [-0.39, 0.29) is 6.61 Å². The zero-order chi connectivity index (χ0) is 16.1. The molecule has 1 aliphatic heterocycles. The van der Waals surface area contributed by atoms with Crippen molar-refractivity contribution in [2.75, 3.05) is 31.6 Å². The molecule has 0 aromatic carbocycles. The molecule has 5 heteroatoms. The summed E-state index contributed by atoms with van der Waals surface area (Å²) in [6.07, 6.45) is 4.22. The van der Waals surface area contributed by atoms with Crippen LogP contribution < -0.4 is 5.32 Å². The van der Waals surface area contributed by atoms with Crippen LogP contribution in [0.15, 0.2) is 36.5 Å². The fraction of sp³-hybridized carbons (Fsp3) is 0.444. The van der Waals surface area contributed by atoms with E-state index in [0.29, 0.717) is 5.92 Å². The summed E-state index contributed by atoms with van der Waals surface area (Å²) in [5.74, 6) is 2.16. The molecule has 5 nitrogen and oxygen atoms in total. The van der Waals surface area contributed by atoms with Crippen LogP contribution >= 0.6 is 0 Å². The van der Waals surface area contributed by atoms with Crippen molar-refractivity contribution in [3.63, 3.8) is 0 Å². The lowest BCUT2D eigenvalue weighted by Crippen LogP contribution is -2.36. The minimum atomic E-state index is 0.231. The summed E-state index contributed by atoms with van der Waals surface area (Å²) < 4.78 is 0. The zero-order valence-corrected chi connectivity index (χ0v) is 13.6. The monoisotopic (exact) mass is 312 g/mol. The number of aryl methyl sites for hydroxylation is 1. The van der Waals surface area contributed by atoms with Crippen LogP contribution in [0.1, 0.15) is 30.0 Å². The van der Waals surface area contributed by atoms with Gasteiger partial charge in [-0.15, -0.1) is 0 Å². The van der Waals surface area contributed by atoms with Gasteiger partial charge in [0.05, 0.1) is 6.61 Å². The van der Waals surface area contributed by atoms with Crippen LogP contribution in [0.25, 0.3) is 0 Å². The number of hydrogen-bond acceptors (Lipinski definition) is 5. The van der Waals surface area contributed by atoms with Crippen LogP contribution in [-0.2, 0) is 0 Å². The van der Waals surface area contributed by atoms with Gasteiger partial charge >= 0.3 is 0 Å². The van der Waals surface area contributed by atoms with E-state index in [4.69, 9.17) is 5.11 Å². The molecule has 2 N–H and O–H groups in total. The van der Waals surface area contributed by atoms with Crippen molar-refractivity contribution in [2.45, 2.75) is 25.7 Å². The SMILES string of the molecule is Cc1cccc(Nc2cc(C3CCCN(CCO)C3)ccn2)n1. The number of aromatic nitrogens is 2. The standard InChI is InChI=1S/C18H24N4O/c1-14-4-2-6-17(20-14)21-18-12-15(7-8-19-18)16-5-3-9-22(13-16)10-11-23/h2,4,6-8,12,16,23H,3,5,9-11,13H2,1H3,(H,19,20,21). The molecule has 23 heavy (non-hydrogen) atoms. The Labute approximate surface area is 137 Å². The van der Waals surface area contributed by atoms with Gasteiger partial charge in [-0.25, -0.2) is 9.97 Å². The van der Waals surface area contributed by atoms with Crippen molar-refractivity contribution in [2.24, 2.45) is 0 Å². The average Bonchev–Trinajstić information content (AvgIpc) is 2.56. The smallest absolute Gasteiger partial charge is 0.131 e. The number of hydrogen-bond donors (Lipinski definition) is 2. The summed E-state index contributed by atoms with van der Waals surface area (Å²) in [6.45, 7) is 5.06. The van der Waals surface area contributed by atoms with Crippen LogP contribution in [0.2, 0.25) is 0 Å². The Morgan fingerprint density at radius 1 is 1.30 bits per heavy atom. The number of nitrogens with one attached hydrogen (secondary N) is 1. The van der Waals surface area contributed by atoms with E-state index in [2.05, 4.69) is 32.3 Å². The Bertz CT molecular complexity index is 644. The molecule has 2 aromatic rings. The van der Waals surface area contributed by atoms with Gasteiger partial charge in [0.15, 0.2) is 0 Å².